The van der Waals surface area contributed by atoms with E-state index >= 15 is 0 Å². The summed E-state index contributed by atoms with van der Waals surface area (Å²) in [6, 6.07) is -0.0929. The summed E-state index contributed by atoms with van der Waals surface area (Å²) in [6.45, 7) is 4.37. The van der Waals surface area contributed by atoms with Crippen molar-refractivity contribution in [2.45, 2.75) is 64.3 Å². The summed E-state index contributed by atoms with van der Waals surface area (Å²) in [7, 11) is 0. The Morgan fingerprint density at radius 1 is 1.41 bits per heavy atom. The molecule has 2 rings (SSSR count). The van der Waals surface area contributed by atoms with Crippen LogP contribution in [0, 0.1) is 5.92 Å². The monoisotopic (exact) mass is 237 g/mol. The van der Waals surface area contributed by atoms with E-state index in [1.54, 1.807) is 0 Å². The smallest absolute Gasteiger partial charge is 0.243 e. The SMILES string of the molecule is CCC[C@@H](N)c1nc(C2CCC(CC)C2)no1. The summed E-state index contributed by atoms with van der Waals surface area (Å²) in [5, 5.41) is 4.10. The molecule has 1 aliphatic rings. The molecule has 2 N–H and O–H groups in total. The van der Waals surface area contributed by atoms with E-state index in [2.05, 4.69) is 24.0 Å². The molecule has 17 heavy (non-hydrogen) atoms. The van der Waals surface area contributed by atoms with Gasteiger partial charge >= 0.3 is 0 Å². The van der Waals surface area contributed by atoms with Crippen molar-refractivity contribution in [3.05, 3.63) is 11.7 Å². The Balaban J connectivity index is 1.98. The molecule has 0 radical (unpaired) electrons. The van der Waals surface area contributed by atoms with Crippen molar-refractivity contribution in [2.75, 3.05) is 0 Å². The van der Waals surface area contributed by atoms with E-state index in [-0.39, 0.29) is 6.04 Å². The highest BCUT2D eigenvalue weighted by molar-refractivity contribution is 5.01. The lowest BCUT2D eigenvalue weighted by atomic mass is 10.0. The molecule has 4 heteroatoms. The van der Waals surface area contributed by atoms with Crippen molar-refractivity contribution < 1.29 is 4.52 Å². The average Bonchev–Trinajstić information content (AvgIpc) is 2.98. The van der Waals surface area contributed by atoms with Crippen molar-refractivity contribution in [2.24, 2.45) is 11.7 Å². The Morgan fingerprint density at radius 3 is 2.88 bits per heavy atom. The van der Waals surface area contributed by atoms with Crippen molar-refractivity contribution >= 4 is 0 Å². The molecule has 4 nitrogen and oxygen atoms in total. The number of hydrogen-bond donors (Lipinski definition) is 1. The van der Waals surface area contributed by atoms with Crippen LogP contribution in [-0.4, -0.2) is 10.1 Å². The molecule has 0 spiro atoms. The average molecular weight is 237 g/mol. The first kappa shape index (κ1) is 12.6. The summed E-state index contributed by atoms with van der Waals surface area (Å²) in [4.78, 5) is 4.48. The molecule has 1 fully saturated rings. The zero-order chi connectivity index (χ0) is 12.3. The molecule has 0 amide bonds. The van der Waals surface area contributed by atoms with E-state index in [4.69, 9.17) is 10.3 Å². The van der Waals surface area contributed by atoms with Crippen molar-refractivity contribution in [1.29, 1.82) is 0 Å². The minimum atomic E-state index is -0.0929. The third kappa shape index (κ3) is 2.86. The van der Waals surface area contributed by atoms with Gasteiger partial charge in [0, 0.05) is 5.92 Å². The van der Waals surface area contributed by atoms with E-state index < -0.39 is 0 Å². The second-order valence-electron chi connectivity index (χ2n) is 5.17. The highest BCUT2D eigenvalue weighted by atomic mass is 16.5. The van der Waals surface area contributed by atoms with E-state index in [0.29, 0.717) is 11.8 Å². The van der Waals surface area contributed by atoms with E-state index in [9.17, 15) is 0 Å². The Bertz CT molecular complexity index is 350. The van der Waals surface area contributed by atoms with Gasteiger partial charge in [0.15, 0.2) is 5.82 Å². The molecule has 3 atom stereocenters. The number of rotatable bonds is 5. The normalized spacial score (nSPS) is 26.3. The van der Waals surface area contributed by atoms with Gasteiger partial charge in [-0.15, -0.1) is 0 Å². The van der Waals surface area contributed by atoms with Crippen molar-refractivity contribution in [1.82, 2.24) is 10.1 Å². The first-order valence-corrected chi connectivity index (χ1v) is 6.83. The first-order valence-electron chi connectivity index (χ1n) is 6.83. The maximum absolute atomic E-state index is 5.97. The topological polar surface area (TPSA) is 64.9 Å². The van der Waals surface area contributed by atoms with Gasteiger partial charge in [0.25, 0.3) is 0 Å². The predicted octanol–water partition coefficient (Wildman–Crippen LogP) is 3.16. The summed E-state index contributed by atoms with van der Waals surface area (Å²) in [5.41, 5.74) is 5.97. The highest BCUT2D eigenvalue weighted by Gasteiger charge is 2.28. The Hall–Kier alpha value is -0.900. The lowest BCUT2D eigenvalue weighted by Gasteiger charge is -2.05. The second-order valence-corrected chi connectivity index (χ2v) is 5.17. The van der Waals surface area contributed by atoms with Crippen molar-refractivity contribution in [3.63, 3.8) is 0 Å². The van der Waals surface area contributed by atoms with Crippen LogP contribution in [0.1, 0.15) is 76.0 Å². The van der Waals surface area contributed by atoms with Crippen LogP contribution in [-0.2, 0) is 0 Å². The molecular formula is C13H23N3O. The molecule has 0 aromatic carbocycles. The van der Waals surface area contributed by atoms with Crippen molar-refractivity contribution in [3.8, 4) is 0 Å². The Labute approximate surface area is 103 Å². The van der Waals surface area contributed by atoms with Gasteiger partial charge in [-0.3, -0.25) is 0 Å². The lowest BCUT2D eigenvalue weighted by Crippen LogP contribution is -2.10. The molecule has 1 aliphatic carbocycles. The fourth-order valence-corrected chi connectivity index (χ4v) is 2.68. The minimum Gasteiger partial charge on any atom is -0.338 e. The lowest BCUT2D eigenvalue weighted by molar-refractivity contribution is 0.342. The fraction of sp³-hybridized carbons (Fsp3) is 0.846. The predicted molar refractivity (Wildman–Crippen MR) is 66.5 cm³/mol. The maximum Gasteiger partial charge on any atom is 0.243 e. The Kier molecular flexibility index (Phi) is 4.15. The molecule has 96 valence electrons. The number of aromatic nitrogens is 2. The maximum atomic E-state index is 5.97. The molecule has 0 saturated heterocycles. The molecule has 1 aromatic heterocycles. The van der Waals surface area contributed by atoms with Crippen LogP contribution in [0.2, 0.25) is 0 Å². The number of nitrogens with two attached hydrogens (primary N) is 1. The first-order chi connectivity index (χ1) is 8.24. The van der Waals surface area contributed by atoms with Gasteiger partial charge in [-0.25, -0.2) is 0 Å². The minimum absolute atomic E-state index is 0.0929. The largest absolute Gasteiger partial charge is 0.338 e. The van der Waals surface area contributed by atoms with Gasteiger partial charge in [0.2, 0.25) is 5.89 Å². The molecule has 2 unspecified atom stereocenters. The molecular weight excluding hydrogens is 214 g/mol. The standard InChI is InChI=1S/C13H23N3O/c1-3-5-11(14)13-15-12(16-17-13)10-7-6-9(4-2)8-10/h9-11H,3-8,14H2,1-2H3/t9?,10?,11-/m1/s1. The molecule has 1 heterocycles. The van der Waals surface area contributed by atoms with Crippen LogP contribution >= 0.6 is 0 Å². The zero-order valence-corrected chi connectivity index (χ0v) is 10.9. The molecule has 0 aliphatic heterocycles. The molecule has 0 bridgehead atoms. The van der Waals surface area contributed by atoms with Crippen LogP contribution in [0.3, 0.4) is 0 Å². The molecule has 1 aromatic rings. The number of hydrogen-bond acceptors (Lipinski definition) is 4. The zero-order valence-electron chi connectivity index (χ0n) is 10.9. The van der Waals surface area contributed by atoms with E-state index in [1.807, 2.05) is 0 Å². The number of nitrogens with zero attached hydrogens (tertiary/aromatic N) is 2. The van der Waals surface area contributed by atoms with Gasteiger partial charge in [0.1, 0.15) is 0 Å². The molecule has 1 saturated carbocycles. The summed E-state index contributed by atoms with van der Waals surface area (Å²) < 4.78 is 5.27. The van der Waals surface area contributed by atoms with Gasteiger partial charge in [-0.2, -0.15) is 4.98 Å². The van der Waals surface area contributed by atoms with Crippen LogP contribution in [0.5, 0.6) is 0 Å². The van der Waals surface area contributed by atoms with E-state index in [0.717, 1.165) is 24.6 Å². The Morgan fingerprint density at radius 2 is 2.24 bits per heavy atom. The third-order valence-corrected chi connectivity index (χ3v) is 3.86. The summed E-state index contributed by atoms with van der Waals surface area (Å²) in [5.74, 6) is 2.82. The van der Waals surface area contributed by atoms with Crippen LogP contribution in [0.15, 0.2) is 4.52 Å². The summed E-state index contributed by atoms with van der Waals surface area (Å²) >= 11 is 0. The second kappa shape index (κ2) is 5.63. The van der Waals surface area contributed by atoms with Gasteiger partial charge in [0.05, 0.1) is 6.04 Å². The van der Waals surface area contributed by atoms with Gasteiger partial charge < -0.3 is 10.3 Å². The fourth-order valence-electron chi connectivity index (χ4n) is 2.68. The third-order valence-electron chi connectivity index (χ3n) is 3.86. The highest BCUT2D eigenvalue weighted by Crippen LogP contribution is 2.38. The van der Waals surface area contributed by atoms with Gasteiger partial charge in [-0.05, 0) is 31.6 Å². The summed E-state index contributed by atoms with van der Waals surface area (Å²) in [6.07, 6.45) is 6.91. The van der Waals surface area contributed by atoms with Crippen LogP contribution < -0.4 is 5.73 Å². The quantitative estimate of drug-likeness (QED) is 0.854. The van der Waals surface area contributed by atoms with Crippen LogP contribution in [0.4, 0.5) is 0 Å². The van der Waals surface area contributed by atoms with Crippen LogP contribution in [0.25, 0.3) is 0 Å². The van der Waals surface area contributed by atoms with Gasteiger partial charge in [-0.1, -0.05) is 31.8 Å². The van der Waals surface area contributed by atoms with E-state index in [1.165, 1.54) is 25.7 Å².